The SMILES string of the molecule is CCNC(=O)C1CCCN(C(=O)c2ccc(NC(=O)c3cc(Cl)cc(Cl)c3)cc2)C1. The summed E-state index contributed by atoms with van der Waals surface area (Å²) in [6.45, 7) is 3.50. The number of piperidine rings is 1. The molecule has 1 aliphatic rings. The molecule has 1 aliphatic heterocycles. The van der Waals surface area contributed by atoms with Crippen LogP contribution in [0.25, 0.3) is 0 Å². The van der Waals surface area contributed by atoms with Gasteiger partial charge < -0.3 is 15.5 Å². The first kappa shape index (κ1) is 22.1. The summed E-state index contributed by atoms with van der Waals surface area (Å²) >= 11 is 11.9. The maximum absolute atomic E-state index is 12.8. The second-order valence-corrected chi connectivity index (χ2v) is 8.05. The van der Waals surface area contributed by atoms with Crippen LogP contribution in [0.15, 0.2) is 42.5 Å². The van der Waals surface area contributed by atoms with Gasteiger partial charge in [-0.25, -0.2) is 0 Å². The average molecular weight is 448 g/mol. The Hall–Kier alpha value is -2.57. The molecule has 0 saturated carbocycles. The molecule has 2 aromatic carbocycles. The minimum Gasteiger partial charge on any atom is -0.356 e. The lowest BCUT2D eigenvalue weighted by atomic mass is 9.96. The summed E-state index contributed by atoms with van der Waals surface area (Å²) in [4.78, 5) is 39.0. The smallest absolute Gasteiger partial charge is 0.255 e. The first-order valence-electron chi connectivity index (χ1n) is 9.82. The number of nitrogens with one attached hydrogen (secondary N) is 2. The third kappa shape index (κ3) is 5.52. The third-order valence-corrected chi connectivity index (χ3v) is 5.38. The van der Waals surface area contributed by atoms with Crippen molar-refractivity contribution in [1.82, 2.24) is 10.2 Å². The highest BCUT2D eigenvalue weighted by atomic mass is 35.5. The number of nitrogens with zero attached hydrogens (tertiary/aromatic N) is 1. The van der Waals surface area contributed by atoms with E-state index in [0.29, 0.717) is 46.5 Å². The lowest BCUT2D eigenvalue weighted by molar-refractivity contribution is -0.126. The third-order valence-electron chi connectivity index (χ3n) is 4.94. The van der Waals surface area contributed by atoms with Gasteiger partial charge in [0, 0.05) is 46.5 Å². The molecule has 0 bridgehead atoms. The van der Waals surface area contributed by atoms with Gasteiger partial charge in [-0.05, 0) is 62.2 Å². The van der Waals surface area contributed by atoms with Gasteiger partial charge >= 0.3 is 0 Å². The Balaban J connectivity index is 1.64. The molecule has 2 N–H and O–H groups in total. The van der Waals surface area contributed by atoms with E-state index in [9.17, 15) is 14.4 Å². The van der Waals surface area contributed by atoms with Gasteiger partial charge in [0.15, 0.2) is 0 Å². The largest absolute Gasteiger partial charge is 0.356 e. The predicted molar refractivity (Wildman–Crippen MR) is 118 cm³/mol. The number of carbonyl (C=O) groups excluding carboxylic acids is 3. The number of carbonyl (C=O) groups is 3. The fraction of sp³-hybridized carbons (Fsp3) is 0.318. The van der Waals surface area contributed by atoms with Crippen LogP contribution in [0.5, 0.6) is 0 Å². The molecule has 0 aromatic heterocycles. The molecule has 30 heavy (non-hydrogen) atoms. The van der Waals surface area contributed by atoms with Crippen molar-refractivity contribution in [3.63, 3.8) is 0 Å². The molecule has 0 spiro atoms. The van der Waals surface area contributed by atoms with Crippen molar-refractivity contribution >= 4 is 46.6 Å². The molecule has 8 heteroatoms. The van der Waals surface area contributed by atoms with Crippen LogP contribution in [0.1, 0.15) is 40.5 Å². The summed E-state index contributed by atoms with van der Waals surface area (Å²) < 4.78 is 0. The summed E-state index contributed by atoms with van der Waals surface area (Å²) in [5.74, 6) is -0.650. The Morgan fingerprint density at radius 3 is 2.33 bits per heavy atom. The van der Waals surface area contributed by atoms with Crippen molar-refractivity contribution in [1.29, 1.82) is 0 Å². The minimum absolute atomic E-state index is 0.00539. The number of halogens is 2. The van der Waals surface area contributed by atoms with Crippen LogP contribution in [0.3, 0.4) is 0 Å². The fourth-order valence-electron chi connectivity index (χ4n) is 3.46. The minimum atomic E-state index is -0.348. The van der Waals surface area contributed by atoms with Gasteiger partial charge in [-0.15, -0.1) is 0 Å². The zero-order chi connectivity index (χ0) is 21.7. The standard InChI is InChI=1S/C22H23Cl2N3O3/c1-2-25-20(28)15-4-3-9-27(13-15)22(30)14-5-7-19(8-6-14)26-21(29)16-10-17(23)12-18(24)11-16/h5-8,10-12,15H,2-4,9,13H2,1H3,(H,25,28)(H,26,29). The zero-order valence-electron chi connectivity index (χ0n) is 16.6. The van der Waals surface area contributed by atoms with Crippen molar-refractivity contribution in [2.75, 3.05) is 25.0 Å². The molecule has 1 saturated heterocycles. The average Bonchev–Trinajstić information content (AvgIpc) is 2.73. The van der Waals surface area contributed by atoms with Crippen LogP contribution in [0.2, 0.25) is 10.0 Å². The molecule has 3 amide bonds. The highest BCUT2D eigenvalue weighted by Crippen LogP contribution is 2.22. The summed E-state index contributed by atoms with van der Waals surface area (Å²) in [5, 5.41) is 6.34. The van der Waals surface area contributed by atoms with Crippen LogP contribution in [0.4, 0.5) is 5.69 Å². The van der Waals surface area contributed by atoms with Crippen LogP contribution in [-0.2, 0) is 4.79 Å². The monoisotopic (exact) mass is 447 g/mol. The summed E-state index contributed by atoms with van der Waals surface area (Å²) in [5.41, 5.74) is 1.40. The van der Waals surface area contributed by atoms with E-state index in [0.717, 1.165) is 12.8 Å². The fourth-order valence-corrected chi connectivity index (χ4v) is 3.99. The highest BCUT2D eigenvalue weighted by Gasteiger charge is 2.28. The van der Waals surface area contributed by atoms with Crippen LogP contribution in [-0.4, -0.2) is 42.3 Å². The number of amides is 3. The molecule has 0 radical (unpaired) electrons. The molecular weight excluding hydrogens is 425 g/mol. The van der Waals surface area contributed by atoms with E-state index in [-0.39, 0.29) is 23.6 Å². The van der Waals surface area contributed by atoms with E-state index in [2.05, 4.69) is 10.6 Å². The molecule has 1 fully saturated rings. The number of hydrogen-bond acceptors (Lipinski definition) is 3. The van der Waals surface area contributed by atoms with Gasteiger partial charge in [0.1, 0.15) is 0 Å². The first-order valence-corrected chi connectivity index (χ1v) is 10.6. The summed E-state index contributed by atoms with van der Waals surface area (Å²) in [6, 6.07) is 11.3. The van der Waals surface area contributed by atoms with E-state index in [1.165, 1.54) is 12.1 Å². The molecule has 1 heterocycles. The zero-order valence-corrected chi connectivity index (χ0v) is 18.1. The number of rotatable bonds is 5. The molecule has 158 valence electrons. The van der Waals surface area contributed by atoms with Gasteiger partial charge in [-0.2, -0.15) is 0 Å². The predicted octanol–water partition coefficient (Wildman–Crippen LogP) is 4.23. The Bertz CT molecular complexity index is 927. The highest BCUT2D eigenvalue weighted by molar-refractivity contribution is 6.35. The lowest BCUT2D eigenvalue weighted by Crippen LogP contribution is -2.45. The molecule has 1 atom stereocenters. The van der Waals surface area contributed by atoms with Gasteiger partial charge in [-0.3, -0.25) is 14.4 Å². The van der Waals surface area contributed by atoms with Crippen LogP contribution < -0.4 is 10.6 Å². The van der Waals surface area contributed by atoms with Crippen LogP contribution in [0, 0.1) is 5.92 Å². The van der Waals surface area contributed by atoms with E-state index in [1.807, 2.05) is 6.92 Å². The molecule has 1 unspecified atom stereocenters. The van der Waals surface area contributed by atoms with Crippen molar-refractivity contribution in [2.24, 2.45) is 5.92 Å². The first-order chi connectivity index (χ1) is 14.4. The van der Waals surface area contributed by atoms with Gasteiger partial charge in [0.25, 0.3) is 11.8 Å². The Labute approximate surface area is 185 Å². The van der Waals surface area contributed by atoms with Gasteiger partial charge in [0.05, 0.1) is 5.92 Å². The molecule has 6 nitrogen and oxygen atoms in total. The van der Waals surface area contributed by atoms with E-state index in [4.69, 9.17) is 23.2 Å². The quantitative estimate of drug-likeness (QED) is 0.719. The lowest BCUT2D eigenvalue weighted by Gasteiger charge is -2.32. The summed E-state index contributed by atoms with van der Waals surface area (Å²) in [7, 11) is 0. The van der Waals surface area contributed by atoms with E-state index < -0.39 is 0 Å². The molecule has 2 aromatic rings. The normalized spacial score (nSPS) is 16.1. The summed E-state index contributed by atoms with van der Waals surface area (Å²) in [6.07, 6.45) is 1.58. The Morgan fingerprint density at radius 1 is 1.03 bits per heavy atom. The topological polar surface area (TPSA) is 78.5 Å². The Kier molecular flexibility index (Phi) is 7.34. The van der Waals surface area contributed by atoms with Gasteiger partial charge in [-0.1, -0.05) is 23.2 Å². The molecule has 3 rings (SSSR count). The van der Waals surface area contributed by atoms with E-state index in [1.54, 1.807) is 35.2 Å². The molecular formula is C22H23Cl2N3O3. The maximum atomic E-state index is 12.8. The van der Waals surface area contributed by atoms with Crippen molar-refractivity contribution in [3.05, 3.63) is 63.6 Å². The van der Waals surface area contributed by atoms with Crippen molar-refractivity contribution in [3.8, 4) is 0 Å². The second kappa shape index (κ2) is 9.96. The van der Waals surface area contributed by atoms with Crippen molar-refractivity contribution in [2.45, 2.75) is 19.8 Å². The van der Waals surface area contributed by atoms with Crippen molar-refractivity contribution < 1.29 is 14.4 Å². The molecule has 0 aliphatic carbocycles. The van der Waals surface area contributed by atoms with Gasteiger partial charge in [0.2, 0.25) is 5.91 Å². The number of anilines is 1. The number of hydrogen-bond donors (Lipinski definition) is 2. The van der Waals surface area contributed by atoms with E-state index >= 15 is 0 Å². The Morgan fingerprint density at radius 2 is 1.70 bits per heavy atom. The second-order valence-electron chi connectivity index (χ2n) is 7.17. The number of likely N-dealkylation sites (tertiary alicyclic amines) is 1. The van der Waals surface area contributed by atoms with Crippen LogP contribution >= 0.6 is 23.2 Å². The maximum Gasteiger partial charge on any atom is 0.255 e. The number of benzene rings is 2.